The number of halogens is 1. The lowest BCUT2D eigenvalue weighted by Gasteiger charge is -2.20. The molecular weight excluding hydrogens is 329 g/mol. The lowest BCUT2D eigenvalue weighted by atomic mass is 10.1. The van der Waals surface area contributed by atoms with Crippen LogP contribution in [0.15, 0.2) is 47.6 Å². The summed E-state index contributed by atoms with van der Waals surface area (Å²) in [5, 5.41) is 0.0489. The highest BCUT2D eigenvalue weighted by atomic mass is 32.2. The second-order valence-corrected chi connectivity index (χ2v) is 8.05. The van der Waals surface area contributed by atoms with E-state index in [4.69, 9.17) is 0 Å². The van der Waals surface area contributed by atoms with Crippen molar-refractivity contribution in [1.82, 2.24) is 14.2 Å². The molecule has 3 rings (SSSR count). The number of pyridine rings is 1. The number of rotatable bonds is 4. The minimum atomic E-state index is -3.58. The molecule has 0 bridgehead atoms. The Balaban J connectivity index is 1.81. The Morgan fingerprint density at radius 2 is 1.79 bits per heavy atom. The smallest absolute Gasteiger partial charge is 0.260 e. The Labute approximate surface area is 141 Å². The molecule has 7 heteroatoms. The molecule has 0 aliphatic carbocycles. The first-order valence-corrected chi connectivity index (χ1v) is 9.20. The Morgan fingerprint density at radius 1 is 1.12 bits per heavy atom. The number of hydrogen-bond acceptors (Lipinski definition) is 4. The third kappa shape index (κ3) is 3.33. The van der Waals surface area contributed by atoms with E-state index in [-0.39, 0.29) is 16.9 Å². The van der Waals surface area contributed by atoms with Crippen LogP contribution in [0.4, 0.5) is 4.39 Å². The molecule has 1 aromatic carbocycles. The fourth-order valence-electron chi connectivity index (χ4n) is 2.83. The number of aromatic nitrogens is 1. The highest BCUT2D eigenvalue weighted by Crippen LogP contribution is 2.24. The molecule has 1 unspecified atom stereocenters. The zero-order valence-corrected chi connectivity index (χ0v) is 14.5. The maximum absolute atomic E-state index is 13.0. The largest absolute Gasteiger partial charge is 0.305 e. The molecule has 1 fully saturated rings. The van der Waals surface area contributed by atoms with Crippen molar-refractivity contribution in [2.75, 3.05) is 27.2 Å². The molecule has 1 atom stereocenters. The molecule has 2 heterocycles. The summed E-state index contributed by atoms with van der Waals surface area (Å²) in [6.07, 6.45) is 2.33. The van der Waals surface area contributed by atoms with E-state index in [9.17, 15) is 12.8 Å². The predicted octanol–water partition coefficient (Wildman–Crippen LogP) is 2.21. The molecule has 0 spiro atoms. The van der Waals surface area contributed by atoms with Crippen LogP contribution in [-0.4, -0.2) is 55.8 Å². The first kappa shape index (κ1) is 17.0. The van der Waals surface area contributed by atoms with Crippen LogP contribution in [0.3, 0.4) is 0 Å². The summed E-state index contributed by atoms with van der Waals surface area (Å²) >= 11 is 0. The highest BCUT2D eigenvalue weighted by Gasteiger charge is 2.34. The molecular formula is C17H20FN3O2S. The van der Waals surface area contributed by atoms with Gasteiger partial charge in [-0.2, -0.15) is 4.31 Å². The third-order valence-corrected chi connectivity index (χ3v) is 6.16. The van der Waals surface area contributed by atoms with Gasteiger partial charge in [-0.3, -0.25) is 0 Å². The SMILES string of the molecule is CN(C)C1CCN(S(=O)(=O)c2ccc(-c3ccc(F)cc3)cn2)C1. The van der Waals surface area contributed by atoms with Crippen LogP contribution >= 0.6 is 0 Å². The quantitative estimate of drug-likeness (QED) is 0.849. The fourth-order valence-corrected chi connectivity index (χ4v) is 4.23. The zero-order chi connectivity index (χ0) is 17.3. The van der Waals surface area contributed by atoms with E-state index in [0.717, 1.165) is 17.5 Å². The molecule has 5 nitrogen and oxygen atoms in total. The topological polar surface area (TPSA) is 53.5 Å². The molecule has 0 amide bonds. The van der Waals surface area contributed by atoms with E-state index < -0.39 is 10.0 Å². The average Bonchev–Trinajstić information content (AvgIpc) is 3.07. The summed E-state index contributed by atoms with van der Waals surface area (Å²) in [4.78, 5) is 6.17. The van der Waals surface area contributed by atoms with Crippen molar-refractivity contribution >= 4 is 10.0 Å². The number of likely N-dealkylation sites (N-methyl/N-ethyl adjacent to an activating group) is 1. The summed E-state index contributed by atoms with van der Waals surface area (Å²) in [5.74, 6) is -0.310. The molecule has 0 saturated carbocycles. The van der Waals surface area contributed by atoms with Crippen LogP contribution in [0, 0.1) is 5.82 Å². The Hall–Kier alpha value is -1.83. The highest BCUT2D eigenvalue weighted by molar-refractivity contribution is 7.89. The molecule has 1 aliphatic rings. The Kier molecular flexibility index (Phi) is 4.67. The molecule has 2 aromatic rings. The minimum absolute atomic E-state index is 0.0489. The lowest BCUT2D eigenvalue weighted by molar-refractivity contribution is 0.302. The third-order valence-electron chi connectivity index (χ3n) is 4.37. The number of nitrogens with zero attached hydrogens (tertiary/aromatic N) is 3. The van der Waals surface area contributed by atoms with E-state index >= 15 is 0 Å². The molecule has 1 aliphatic heterocycles. The molecule has 1 aromatic heterocycles. The van der Waals surface area contributed by atoms with Gasteiger partial charge in [0.15, 0.2) is 5.03 Å². The van der Waals surface area contributed by atoms with Crippen LogP contribution in [0.2, 0.25) is 0 Å². The van der Waals surface area contributed by atoms with E-state index in [2.05, 4.69) is 4.98 Å². The first-order valence-electron chi connectivity index (χ1n) is 7.76. The summed E-state index contributed by atoms with van der Waals surface area (Å²) in [6, 6.07) is 9.46. The van der Waals surface area contributed by atoms with Crippen molar-refractivity contribution in [3.63, 3.8) is 0 Å². The van der Waals surface area contributed by atoms with E-state index in [1.807, 2.05) is 19.0 Å². The Bertz CT molecular complexity index is 805. The van der Waals surface area contributed by atoms with Gasteiger partial charge >= 0.3 is 0 Å². The standard InChI is InChI=1S/C17H20FN3O2S/c1-20(2)16-9-10-21(12-16)24(22,23)17-8-5-14(11-19-17)13-3-6-15(18)7-4-13/h3-8,11,16H,9-10,12H2,1-2H3. The van der Waals surface area contributed by atoms with Gasteiger partial charge in [-0.1, -0.05) is 12.1 Å². The second-order valence-electron chi connectivity index (χ2n) is 6.16. The van der Waals surface area contributed by atoms with Gasteiger partial charge in [-0.05, 0) is 50.3 Å². The Morgan fingerprint density at radius 3 is 2.33 bits per heavy atom. The van der Waals surface area contributed by atoms with Crippen molar-refractivity contribution in [2.45, 2.75) is 17.5 Å². The van der Waals surface area contributed by atoms with E-state index in [1.54, 1.807) is 18.2 Å². The normalized spacial score (nSPS) is 19.1. The monoisotopic (exact) mass is 349 g/mol. The summed E-state index contributed by atoms with van der Waals surface area (Å²) in [5.41, 5.74) is 1.54. The van der Waals surface area contributed by atoms with E-state index in [1.165, 1.54) is 28.7 Å². The predicted molar refractivity (Wildman–Crippen MR) is 90.5 cm³/mol. The molecule has 1 saturated heterocycles. The summed E-state index contributed by atoms with van der Waals surface area (Å²) < 4.78 is 39.8. The van der Waals surface area contributed by atoms with Gasteiger partial charge in [-0.15, -0.1) is 0 Å². The summed E-state index contributed by atoms with van der Waals surface area (Å²) in [6.45, 7) is 0.989. The number of hydrogen-bond donors (Lipinski definition) is 0. The van der Waals surface area contributed by atoms with Crippen molar-refractivity contribution in [1.29, 1.82) is 0 Å². The van der Waals surface area contributed by atoms with Crippen molar-refractivity contribution in [3.05, 3.63) is 48.4 Å². The molecule has 24 heavy (non-hydrogen) atoms. The summed E-state index contributed by atoms with van der Waals surface area (Å²) in [7, 11) is 0.335. The van der Waals surface area contributed by atoms with Crippen molar-refractivity contribution in [2.24, 2.45) is 0 Å². The lowest BCUT2D eigenvalue weighted by Crippen LogP contribution is -2.34. The maximum atomic E-state index is 13.0. The van der Waals surface area contributed by atoms with Gasteiger partial charge in [0.25, 0.3) is 10.0 Å². The van der Waals surface area contributed by atoms with Crippen molar-refractivity contribution < 1.29 is 12.8 Å². The molecule has 0 radical (unpaired) electrons. The van der Waals surface area contributed by atoms with Crippen LogP contribution in [-0.2, 0) is 10.0 Å². The van der Waals surface area contributed by atoms with Gasteiger partial charge in [0.1, 0.15) is 5.82 Å². The second kappa shape index (κ2) is 6.58. The average molecular weight is 349 g/mol. The molecule has 128 valence electrons. The van der Waals surface area contributed by atoms with Crippen LogP contribution in [0.5, 0.6) is 0 Å². The minimum Gasteiger partial charge on any atom is -0.305 e. The van der Waals surface area contributed by atoms with Gasteiger partial charge in [0.05, 0.1) is 0 Å². The van der Waals surface area contributed by atoms with Gasteiger partial charge in [0.2, 0.25) is 0 Å². The molecule has 0 N–H and O–H groups in total. The zero-order valence-electron chi connectivity index (χ0n) is 13.7. The van der Waals surface area contributed by atoms with Gasteiger partial charge < -0.3 is 4.90 Å². The van der Waals surface area contributed by atoms with Crippen molar-refractivity contribution in [3.8, 4) is 11.1 Å². The maximum Gasteiger partial charge on any atom is 0.260 e. The van der Waals surface area contributed by atoms with Crippen LogP contribution in [0.25, 0.3) is 11.1 Å². The fraction of sp³-hybridized carbons (Fsp3) is 0.353. The first-order chi connectivity index (χ1) is 11.4. The number of sulfonamides is 1. The van der Waals surface area contributed by atoms with Crippen LogP contribution in [0.1, 0.15) is 6.42 Å². The number of benzene rings is 1. The van der Waals surface area contributed by atoms with Crippen LogP contribution < -0.4 is 0 Å². The van der Waals surface area contributed by atoms with Gasteiger partial charge in [0, 0.05) is 30.9 Å². The van der Waals surface area contributed by atoms with Gasteiger partial charge in [-0.25, -0.2) is 17.8 Å². The van der Waals surface area contributed by atoms with E-state index in [0.29, 0.717) is 13.1 Å².